The first-order chi connectivity index (χ1) is 8.63. The summed E-state index contributed by atoms with van der Waals surface area (Å²) in [6, 6.07) is -0.188. The summed E-state index contributed by atoms with van der Waals surface area (Å²) in [5.74, 6) is 1.53. The van der Waals surface area contributed by atoms with Gasteiger partial charge in [0, 0.05) is 7.11 Å². The zero-order chi connectivity index (χ0) is 13.2. The van der Waals surface area contributed by atoms with Crippen molar-refractivity contribution in [3.8, 4) is 0 Å². The second-order valence-electron chi connectivity index (χ2n) is 5.27. The Bertz CT molecular complexity index is 385. The highest BCUT2D eigenvalue weighted by molar-refractivity contribution is 5.06. The lowest BCUT2D eigenvalue weighted by atomic mass is 9.99. The van der Waals surface area contributed by atoms with Crippen molar-refractivity contribution in [1.29, 1.82) is 0 Å². The first kappa shape index (κ1) is 13.5. The van der Waals surface area contributed by atoms with E-state index in [4.69, 9.17) is 15.0 Å². The van der Waals surface area contributed by atoms with Crippen LogP contribution in [-0.2, 0) is 10.3 Å². The van der Waals surface area contributed by atoms with Crippen molar-refractivity contribution < 1.29 is 9.26 Å². The Morgan fingerprint density at radius 2 is 2.11 bits per heavy atom. The lowest BCUT2D eigenvalue weighted by molar-refractivity contribution is -0.0178. The molecule has 1 heterocycles. The predicted octanol–water partition coefficient (Wildman–Crippen LogP) is 2.53. The number of nitrogens with zero attached hydrogens (tertiary/aromatic N) is 2. The highest BCUT2D eigenvalue weighted by atomic mass is 16.5. The highest BCUT2D eigenvalue weighted by Gasteiger charge is 2.40. The second kappa shape index (κ2) is 5.36. The van der Waals surface area contributed by atoms with Gasteiger partial charge in [-0.15, -0.1) is 0 Å². The molecule has 1 aliphatic carbocycles. The molecule has 1 saturated carbocycles. The van der Waals surface area contributed by atoms with E-state index >= 15 is 0 Å². The van der Waals surface area contributed by atoms with Gasteiger partial charge in [0.1, 0.15) is 5.60 Å². The minimum atomic E-state index is -0.350. The lowest BCUT2D eigenvalue weighted by Crippen LogP contribution is -2.26. The molecule has 5 heteroatoms. The van der Waals surface area contributed by atoms with Gasteiger partial charge >= 0.3 is 0 Å². The van der Waals surface area contributed by atoms with Gasteiger partial charge in [-0.2, -0.15) is 4.98 Å². The molecule has 1 unspecified atom stereocenters. The van der Waals surface area contributed by atoms with E-state index < -0.39 is 0 Å². The topological polar surface area (TPSA) is 74.2 Å². The monoisotopic (exact) mass is 253 g/mol. The highest BCUT2D eigenvalue weighted by Crippen LogP contribution is 2.40. The molecule has 0 radical (unpaired) electrons. The van der Waals surface area contributed by atoms with Gasteiger partial charge < -0.3 is 15.0 Å². The summed E-state index contributed by atoms with van der Waals surface area (Å²) in [5, 5.41) is 4.09. The molecule has 18 heavy (non-hydrogen) atoms. The van der Waals surface area contributed by atoms with E-state index in [-0.39, 0.29) is 11.6 Å². The largest absolute Gasteiger partial charge is 0.370 e. The molecule has 2 N–H and O–H groups in total. The molecule has 2 rings (SSSR count). The van der Waals surface area contributed by atoms with Crippen LogP contribution in [0, 0.1) is 5.92 Å². The molecule has 0 bridgehead atoms. The quantitative estimate of drug-likeness (QED) is 0.872. The van der Waals surface area contributed by atoms with Crippen LogP contribution in [0.1, 0.15) is 63.7 Å². The second-order valence-corrected chi connectivity index (χ2v) is 5.27. The standard InChI is InChI=1S/C13H23N3O2/c1-4-9(2)10(14)11-15-12(16-18-11)13(17-3)7-5-6-8-13/h9-10H,4-8,14H2,1-3H3/t9?,10-/m0/s1. The summed E-state index contributed by atoms with van der Waals surface area (Å²) in [5.41, 5.74) is 5.76. The van der Waals surface area contributed by atoms with E-state index in [2.05, 4.69) is 24.0 Å². The average molecular weight is 253 g/mol. The minimum Gasteiger partial charge on any atom is -0.370 e. The minimum absolute atomic E-state index is 0.188. The third-order valence-corrected chi connectivity index (χ3v) is 4.19. The van der Waals surface area contributed by atoms with Gasteiger partial charge in [0.15, 0.2) is 0 Å². The maximum absolute atomic E-state index is 6.11. The van der Waals surface area contributed by atoms with Gasteiger partial charge in [-0.1, -0.05) is 25.4 Å². The fraction of sp³-hybridized carbons (Fsp3) is 0.846. The van der Waals surface area contributed by atoms with Crippen molar-refractivity contribution in [3.63, 3.8) is 0 Å². The molecule has 2 atom stereocenters. The molecule has 0 spiro atoms. The van der Waals surface area contributed by atoms with Crippen LogP contribution in [0.5, 0.6) is 0 Å². The molecular weight excluding hydrogens is 230 g/mol. The smallest absolute Gasteiger partial charge is 0.243 e. The molecular formula is C13H23N3O2. The molecule has 1 aromatic rings. The SMILES string of the molecule is CCC(C)[C@H](N)c1nc(C2(OC)CCCC2)no1. The van der Waals surface area contributed by atoms with Gasteiger partial charge in [-0.25, -0.2) is 0 Å². The van der Waals surface area contributed by atoms with E-state index in [1.165, 1.54) is 0 Å². The number of rotatable bonds is 5. The number of ether oxygens (including phenoxy) is 1. The van der Waals surface area contributed by atoms with E-state index in [1.54, 1.807) is 7.11 Å². The number of hydrogen-bond donors (Lipinski definition) is 1. The summed E-state index contributed by atoms with van der Waals surface area (Å²) in [7, 11) is 1.72. The fourth-order valence-electron chi connectivity index (χ4n) is 2.52. The summed E-state index contributed by atoms with van der Waals surface area (Å²) in [6.45, 7) is 4.20. The van der Waals surface area contributed by atoms with Crippen LogP contribution in [0.2, 0.25) is 0 Å². The molecule has 1 aromatic heterocycles. The molecule has 0 saturated heterocycles. The Morgan fingerprint density at radius 3 is 2.67 bits per heavy atom. The van der Waals surface area contributed by atoms with Crippen LogP contribution in [0.3, 0.4) is 0 Å². The summed E-state index contributed by atoms with van der Waals surface area (Å²) < 4.78 is 11.0. The average Bonchev–Trinajstić information content (AvgIpc) is 3.05. The van der Waals surface area contributed by atoms with Gasteiger partial charge in [0.25, 0.3) is 0 Å². The molecule has 5 nitrogen and oxygen atoms in total. The van der Waals surface area contributed by atoms with Crippen molar-refractivity contribution in [2.24, 2.45) is 11.7 Å². The van der Waals surface area contributed by atoms with Crippen molar-refractivity contribution in [1.82, 2.24) is 10.1 Å². The maximum Gasteiger partial charge on any atom is 0.243 e. The van der Waals surface area contributed by atoms with Crippen LogP contribution >= 0.6 is 0 Å². The van der Waals surface area contributed by atoms with Crippen LogP contribution in [0.15, 0.2) is 4.52 Å². The van der Waals surface area contributed by atoms with Gasteiger partial charge in [0.05, 0.1) is 6.04 Å². The van der Waals surface area contributed by atoms with E-state index in [0.717, 1.165) is 32.1 Å². The summed E-state index contributed by atoms with van der Waals surface area (Å²) in [6.07, 6.45) is 5.21. The number of hydrogen-bond acceptors (Lipinski definition) is 5. The first-order valence-corrected chi connectivity index (χ1v) is 6.78. The predicted molar refractivity (Wildman–Crippen MR) is 67.8 cm³/mol. The van der Waals surface area contributed by atoms with Crippen molar-refractivity contribution in [2.75, 3.05) is 7.11 Å². The maximum atomic E-state index is 6.11. The normalized spacial score (nSPS) is 22.0. The van der Waals surface area contributed by atoms with Gasteiger partial charge in [-0.3, -0.25) is 0 Å². The Kier molecular flexibility index (Phi) is 4.02. The Morgan fingerprint density at radius 1 is 1.44 bits per heavy atom. The molecule has 1 fully saturated rings. The molecule has 102 valence electrons. The van der Waals surface area contributed by atoms with Crippen LogP contribution in [0.25, 0.3) is 0 Å². The molecule has 1 aliphatic rings. The number of nitrogens with two attached hydrogens (primary N) is 1. The molecule has 0 amide bonds. The summed E-state index contributed by atoms with van der Waals surface area (Å²) >= 11 is 0. The first-order valence-electron chi connectivity index (χ1n) is 6.78. The number of methoxy groups -OCH3 is 1. The van der Waals surface area contributed by atoms with Crippen LogP contribution < -0.4 is 5.73 Å². The lowest BCUT2D eigenvalue weighted by Gasteiger charge is -2.22. The third-order valence-electron chi connectivity index (χ3n) is 4.19. The Hall–Kier alpha value is -0.940. The zero-order valence-corrected chi connectivity index (χ0v) is 11.5. The zero-order valence-electron chi connectivity index (χ0n) is 11.5. The van der Waals surface area contributed by atoms with E-state index in [9.17, 15) is 0 Å². The fourth-order valence-corrected chi connectivity index (χ4v) is 2.52. The van der Waals surface area contributed by atoms with Gasteiger partial charge in [-0.05, 0) is 31.6 Å². The van der Waals surface area contributed by atoms with E-state index in [0.29, 0.717) is 17.6 Å². The third kappa shape index (κ3) is 2.29. The van der Waals surface area contributed by atoms with Crippen molar-refractivity contribution in [2.45, 2.75) is 57.6 Å². The number of aromatic nitrogens is 2. The summed E-state index contributed by atoms with van der Waals surface area (Å²) in [4.78, 5) is 4.48. The van der Waals surface area contributed by atoms with Crippen LogP contribution in [-0.4, -0.2) is 17.3 Å². The molecule has 0 aliphatic heterocycles. The van der Waals surface area contributed by atoms with Crippen molar-refractivity contribution in [3.05, 3.63) is 11.7 Å². The Balaban J connectivity index is 2.19. The molecule has 0 aromatic carbocycles. The van der Waals surface area contributed by atoms with Crippen molar-refractivity contribution >= 4 is 0 Å². The Labute approximate surface area is 108 Å². The van der Waals surface area contributed by atoms with E-state index in [1.807, 2.05) is 0 Å². The van der Waals surface area contributed by atoms with Gasteiger partial charge in [0.2, 0.25) is 11.7 Å². The van der Waals surface area contributed by atoms with Crippen LogP contribution in [0.4, 0.5) is 0 Å².